The molecule has 1 saturated carbocycles. The summed E-state index contributed by atoms with van der Waals surface area (Å²) < 4.78 is 1.77. The van der Waals surface area contributed by atoms with Crippen LogP contribution in [0, 0.1) is 0 Å². The van der Waals surface area contributed by atoms with Gasteiger partial charge in [-0.05, 0) is 37.8 Å². The second-order valence-electron chi connectivity index (χ2n) is 6.03. The van der Waals surface area contributed by atoms with Crippen LogP contribution in [0.3, 0.4) is 0 Å². The van der Waals surface area contributed by atoms with E-state index in [-0.39, 0.29) is 6.10 Å². The van der Waals surface area contributed by atoms with Crippen molar-refractivity contribution in [2.45, 2.75) is 37.8 Å². The molecule has 2 aromatic heterocycles. The number of nitrogens with zero attached hydrogens (tertiary/aromatic N) is 4. The van der Waals surface area contributed by atoms with Crippen molar-refractivity contribution in [2.24, 2.45) is 0 Å². The first-order valence-corrected chi connectivity index (χ1v) is 8.02. The molecular weight excluding hydrogens is 290 g/mol. The Kier molecular flexibility index (Phi) is 3.67. The summed E-state index contributed by atoms with van der Waals surface area (Å²) in [5.41, 5.74) is 1.72. The van der Waals surface area contributed by atoms with Gasteiger partial charge in [0.25, 0.3) is 0 Å². The number of nitrogens with one attached hydrogen (secondary N) is 1. The quantitative estimate of drug-likeness (QED) is 0.777. The molecule has 0 spiro atoms. The molecule has 0 amide bonds. The molecule has 3 aromatic rings. The van der Waals surface area contributed by atoms with E-state index in [0.29, 0.717) is 6.04 Å². The minimum Gasteiger partial charge on any atom is -0.393 e. The Labute approximate surface area is 134 Å². The predicted molar refractivity (Wildman–Crippen MR) is 88.1 cm³/mol. The molecule has 2 N–H and O–H groups in total. The van der Waals surface area contributed by atoms with Crippen molar-refractivity contribution in [1.29, 1.82) is 0 Å². The SMILES string of the molecule is OC1CCC(Nc2ccc3nnc(-c4ccccc4)n3n2)CC1. The highest BCUT2D eigenvalue weighted by Gasteiger charge is 2.19. The van der Waals surface area contributed by atoms with Crippen LogP contribution in [0.1, 0.15) is 25.7 Å². The van der Waals surface area contributed by atoms with E-state index in [9.17, 15) is 5.11 Å². The van der Waals surface area contributed by atoms with Crippen molar-refractivity contribution in [3.8, 4) is 11.4 Å². The van der Waals surface area contributed by atoms with Gasteiger partial charge in [0.2, 0.25) is 0 Å². The molecule has 0 atom stereocenters. The van der Waals surface area contributed by atoms with Crippen molar-refractivity contribution >= 4 is 11.5 Å². The molecule has 0 bridgehead atoms. The van der Waals surface area contributed by atoms with Crippen LogP contribution in [-0.2, 0) is 0 Å². The van der Waals surface area contributed by atoms with E-state index in [1.807, 2.05) is 42.5 Å². The molecule has 118 valence electrons. The third kappa shape index (κ3) is 2.90. The van der Waals surface area contributed by atoms with Crippen molar-refractivity contribution < 1.29 is 5.11 Å². The molecule has 1 aromatic carbocycles. The number of aliphatic hydroxyl groups excluding tert-OH is 1. The van der Waals surface area contributed by atoms with E-state index in [2.05, 4.69) is 20.6 Å². The fourth-order valence-electron chi connectivity index (χ4n) is 3.06. The summed E-state index contributed by atoms with van der Waals surface area (Å²) in [6.07, 6.45) is 3.48. The van der Waals surface area contributed by atoms with Gasteiger partial charge >= 0.3 is 0 Å². The van der Waals surface area contributed by atoms with Gasteiger partial charge in [0.1, 0.15) is 5.82 Å². The highest BCUT2D eigenvalue weighted by Crippen LogP contribution is 2.22. The number of hydrogen-bond acceptors (Lipinski definition) is 5. The van der Waals surface area contributed by atoms with Crippen LogP contribution in [-0.4, -0.2) is 37.1 Å². The number of anilines is 1. The van der Waals surface area contributed by atoms with E-state index >= 15 is 0 Å². The fourth-order valence-corrected chi connectivity index (χ4v) is 3.06. The van der Waals surface area contributed by atoms with E-state index in [4.69, 9.17) is 0 Å². The number of aliphatic hydroxyl groups is 1. The van der Waals surface area contributed by atoms with Crippen molar-refractivity contribution in [3.05, 3.63) is 42.5 Å². The predicted octanol–water partition coefficient (Wildman–Crippen LogP) is 2.51. The Bertz CT molecular complexity index is 793. The van der Waals surface area contributed by atoms with Gasteiger partial charge in [-0.2, -0.15) is 4.52 Å². The van der Waals surface area contributed by atoms with Crippen LogP contribution < -0.4 is 5.32 Å². The first-order valence-electron chi connectivity index (χ1n) is 8.02. The fraction of sp³-hybridized carbons (Fsp3) is 0.353. The van der Waals surface area contributed by atoms with Gasteiger partial charge in [0, 0.05) is 11.6 Å². The summed E-state index contributed by atoms with van der Waals surface area (Å²) in [7, 11) is 0. The molecule has 4 rings (SSSR count). The zero-order valence-electron chi connectivity index (χ0n) is 12.8. The molecule has 0 saturated heterocycles. The lowest BCUT2D eigenvalue weighted by molar-refractivity contribution is 0.126. The molecule has 1 aliphatic rings. The first-order chi connectivity index (χ1) is 11.3. The Morgan fingerprint density at radius 3 is 2.52 bits per heavy atom. The number of rotatable bonds is 3. The Balaban J connectivity index is 1.62. The van der Waals surface area contributed by atoms with Crippen LogP contribution in [0.4, 0.5) is 5.82 Å². The first kappa shape index (κ1) is 14.1. The Morgan fingerprint density at radius 2 is 1.74 bits per heavy atom. The second-order valence-corrected chi connectivity index (χ2v) is 6.03. The minimum absolute atomic E-state index is 0.147. The van der Waals surface area contributed by atoms with Gasteiger partial charge < -0.3 is 10.4 Å². The number of aromatic nitrogens is 4. The maximum Gasteiger partial charge on any atom is 0.185 e. The van der Waals surface area contributed by atoms with Crippen LogP contribution in [0.25, 0.3) is 17.0 Å². The van der Waals surface area contributed by atoms with Gasteiger partial charge in [-0.3, -0.25) is 0 Å². The lowest BCUT2D eigenvalue weighted by atomic mass is 9.93. The third-order valence-electron chi connectivity index (χ3n) is 4.34. The third-order valence-corrected chi connectivity index (χ3v) is 4.34. The number of hydrogen-bond donors (Lipinski definition) is 2. The summed E-state index contributed by atoms with van der Waals surface area (Å²) in [4.78, 5) is 0. The lowest BCUT2D eigenvalue weighted by Gasteiger charge is -2.26. The molecular formula is C17H19N5O. The van der Waals surface area contributed by atoms with Gasteiger partial charge in [-0.25, -0.2) is 0 Å². The van der Waals surface area contributed by atoms with Crippen LogP contribution in [0.15, 0.2) is 42.5 Å². The summed E-state index contributed by atoms with van der Waals surface area (Å²) in [5, 5.41) is 26.1. The normalized spacial score (nSPS) is 21.4. The molecule has 1 aliphatic carbocycles. The van der Waals surface area contributed by atoms with E-state index in [1.54, 1.807) is 4.52 Å². The Morgan fingerprint density at radius 1 is 0.957 bits per heavy atom. The van der Waals surface area contributed by atoms with Gasteiger partial charge in [-0.15, -0.1) is 15.3 Å². The summed E-state index contributed by atoms with van der Waals surface area (Å²) in [5.74, 6) is 1.55. The molecule has 0 unspecified atom stereocenters. The van der Waals surface area contributed by atoms with Crippen LogP contribution in [0.2, 0.25) is 0 Å². The van der Waals surface area contributed by atoms with Crippen LogP contribution >= 0.6 is 0 Å². The molecule has 2 heterocycles. The highest BCUT2D eigenvalue weighted by atomic mass is 16.3. The molecule has 0 radical (unpaired) electrons. The maximum atomic E-state index is 9.60. The van der Waals surface area contributed by atoms with E-state index in [1.165, 1.54) is 0 Å². The number of fused-ring (bicyclic) bond motifs is 1. The van der Waals surface area contributed by atoms with E-state index < -0.39 is 0 Å². The molecule has 6 heteroatoms. The number of benzene rings is 1. The molecule has 0 aliphatic heterocycles. The topological polar surface area (TPSA) is 75.3 Å². The summed E-state index contributed by atoms with van der Waals surface area (Å²) >= 11 is 0. The zero-order valence-corrected chi connectivity index (χ0v) is 12.8. The molecule has 23 heavy (non-hydrogen) atoms. The van der Waals surface area contributed by atoms with Gasteiger partial charge in [0.15, 0.2) is 11.5 Å². The van der Waals surface area contributed by atoms with Crippen molar-refractivity contribution in [1.82, 2.24) is 19.8 Å². The van der Waals surface area contributed by atoms with Crippen molar-refractivity contribution in [3.63, 3.8) is 0 Å². The lowest BCUT2D eigenvalue weighted by Crippen LogP contribution is -2.28. The summed E-state index contributed by atoms with van der Waals surface area (Å²) in [6.45, 7) is 0. The van der Waals surface area contributed by atoms with Crippen LogP contribution in [0.5, 0.6) is 0 Å². The second kappa shape index (κ2) is 5.96. The maximum absolute atomic E-state index is 9.60. The average Bonchev–Trinajstić information content (AvgIpc) is 3.01. The molecule has 1 fully saturated rings. The Hall–Kier alpha value is -2.47. The minimum atomic E-state index is -0.147. The zero-order chi connectivity index (χ0) is 15.6. The largest absolute Gasteiger partial charge is 0.393 e. The smallest absolute Gasteiger partial charge is 0.185 e. The average molecular weight is 309 g/mol. The standard InChI is InChI=1S/C17H19N5O/c23-14-8-6-13(7-9-14)18-15-10-11-16-19-20-17(22(16)21-15)12-4-2-1-3-5-12/h1-5,10-11,13-14,23H,6-9H2,(H,18,21). The molecule has 6 nitrogen and oxygen atoms in total. The summed E-state index contributed by atoms with van der Waals surface area (Å²) in [6, 6.07) is 14.2. The highest BCUT2D eigenvalue weighted by molar-refractivity contribution is 5.59. The van der Waals surface area contributed by atoms with E-state index in [0.717, 1.165) is 48.5 Å². The van der Waals surface area contributed by atoms with Gasteiger partial charge in [-0.1, -0.05) is 30.3 Å². The van der Waals surface area contributed by atoms with Crippen molar-refractivity contribution in [2.75, 3.05) is 5.32 Å². The monoisotopic (exact) mass is 309 g/mol. The van der Waals surface area contributed by atoms with Gasteiger partial charge in [0.05, 0.1) is 6.10 Å².